The van der Waals surface area contributed by atoms with Crippen LogP contribution in [0, 0.1) is 0 Å². The monoisotopic (exact) mass is 255 g/mol. The summed E-state index contributed by atoms with van der Waals surface area (Å²) in [4.78, 5) is 4.98. The normalized spacial score (nSPS) is 18.3. The summed E-state index contributed by atoms with van der Waals surface area (Å²) in [5, 5.41) is 3.21. The first-order valence-electron chi connectivity index (χ1n) is 7.61. The highest BCUT2D eigenvalue weighted by Gasteiger charge is 2.39. The van der Waals surface area contributed by atoms with Crippen LogP contribution in [0.1, 0.15) is 44.9 Å². The van der Waals surface area contributed by atoms with Crippen molar-refractivity contribution in [2.75, 3.05) is 47.8 Å². The van der Waals surface area contributed by atoms with E-state index < -0.39 is 0 Å². The third kappa shape index (κ3) is 4.87. The highest BCUT2D eigenvalue weighted by atomic mass is 15.2. The van der Waals surface area contributed by atoms with Crippen molar-refractivity contribution in [1.29, 1.82) is 0 Å². The molecule has 0 bridgehead atoms. The Bertz CT molecular complexity index is 212. The second-order valence-corrected chi connectivity index (χ2v) is 6.23. The first-order chi connectivity index (χ1) is 8.60. The fourth-order valence-electron chi connectivity index (χ4n) is 2.95. The van der Waals surface area contributed by atoms with E-state index >= 15 is 0 Å². The molecule has 0 heterocycles. The zero-order valence-corrected chi connectivity index (χ0v) is 13.0. The van der Waals surface area contributed by atoms with Crippen LogP contribution in [0.5, 0.6) is 0 Å². The zero-order valence-electron chi connectivity index (χ0n) is 13.0. The molecular formula is C15H33N3. The first-order valence-corrected chi connectivity index (χ1v) is 7.61. The Labute approximate surface area is 114 Å². The molecule has 108 valence electrons. The van der Waals surface area contributed by atoms with Gasteiger partial charge in [0.25, 0.3) is 0 Å². The summed E-state index contributed by atoms with van der Waals surface area (Å²) in [5.41, 5.74) is 0.487. The van der Waals surface area contributed by atoms with Crippen molar-refractivity contribution in [3.8, 4) is 0 Å². The third-order valence-electron chi connectivity index (χ3n) is 4.51. The van der Waals surface area contributed by atoms with Gasteiger partial charge in [-0.3, -0.25) is 0 Å². The van der Waals surface area contributed by atoms with Gasteiger partial charge in [0, 0.05) is 12.1 Å². The van der Waals surface area contributed by atoms with Crippen LogP contribution in [-0.4, -0.2) is 63.2 Å². The average molecular weight is 255 g/mol. The minimum absolute atomic E-state index is 0.487. The van der Waals surface area contributed by atoms with E-state index in [1.807, 2.05) is 7.05 Å². The lowest BCUT2D eigenvalue weighted by Gasteiger charge is -2.49. The van der Waals surface area contributed by atoms with Crippen molar-refractivity contribution in [2.45, 2.75) is 50.5 Å². The molecule has 1 saturated carbocycles. The van der Waals surface area contributed by atoms with Crippen LogP contribution in [0.15, 0.2) is 0 Å². The summed E-state index contributed by atoms with van der Waals surface area (Å²) in [6, 6.07) is 0. The van der Waals surface area contributed by atoms with E-state index in [1.165, 1.54) is 64.6 Å². The molecule has 0 aliphatic heterocycles. The summed E-state index contributed by atoms with van der Waals surface area (Å²) in [6.45, 7) is 3.67. The molecule has 0 spiro atoms. The molecule has 3 heteroatoms. The van der Waals surface area contributed by atoms with Gasteiger partial charge < -0.3 is 15.1 Å². The summed E-state index contributed by atoms with van der Waals surface area (Å²) >= 11 is 0. The smallest absolute Gasteiger partial charge is 0.0330 e. The van der Waals surface area contributed by atoms with Crippen molar-refractivity contribution < 1.29 is 0 Å². The Morgan fingerprint density at radius 2 is 1.67 bits per heavy atom. The molecule has 1 fully saturated rings. The number of hydrogen-bond acceptors (Lipinski definition) is 3. The lowest BCUT2D eigenvalue weighted by molar-refractivity contribution is 0.0275. The van der Waals surface area contributed by atoms with Gasteiger partial charge >= 0.3 is 0 Å². The Hall–Kier alpha value is -0.120. The topological polar surface area (TPSA) is 18.5 Å². The number of nitrogens with zero attached hydrogens (tertiary/aromatic N) is 2. The number of hydrogen-bond donors (Lipinski definition) is 1. The second kappa shape index (κ2) is 8.13. The summed E-state index contributed by atoms with van der Waals surface area (Å²) in [6.07, 6.45) is 9.59. The van der Waals surface area contributed by atoms with Gasteiger partial charge in [0.2, 0.25) is 0 Å². The van der Waals surface area contributed by atoms with E-state index in [-0.39, 0.29) is 0 Å². The van der Waals surface area contributed by atoms with E-state index in [0.29, 0.717) is 5.54 Å². The lowest BCUT2D eigenvalue weighted by atomic mass is 9.75. The standard InChI is InChI=1S/C15H33N3/c1-16-12-7-5-6-8-13-18(4)14-15(17(2)3)10-9-11-15/h16H,5-14H2,1-4H3. The minimum Gasteiger partial charge on any atom is -0.320 e. The van der Waals surface area contributed by atoms with Crippen LogP contribution >= 0.6 is 0 Å². The van der Waals surface area contributed by atoms with Gasteiger partial charge in [-0.05, 0) is 73.4 Å². The predicted molar refractivity (Wildman–Crippen MR) is 80.2 cm³/mol. The van der Waals surface area contributed by atoms with Gasteiger partial charge in [0.05, 0.1) is 0 Å². The first kappa shape index (κ1) is 15.9. The maximum Gasteiger partial charge on any atom is 0.0330 e. The molecule has 1 aliphatic carbocycles. The second-order valence-electron chi connectivity index (χ2n) is 6.23. The number of nitrogens with one attached hydrogen (secondary N) is 1. The van der Waals surface area contributed by atoms with Gasteiger partial charge in [-0.15, -0.1) is 0 Å². The van der Waals surface area contributed by atoms with E-state index in [0.717, 1.165) is 0 Å². The van der Waals surface area contributed by atoms with Crippen molar-refractivity contribution in [3.05, 3.63) is 0 Å². The van der Waals surface area contributed by atoms with Crippen LogP contribution < -0.4 is 5.32 Å². The van der Waals surface area contributed by atoms with Gasteiger partial charge in [-0.2, -0.15) is 0 Å². The quantitative estimate of drug-likeness (QED) is 0.604. The predicted octanol–water partition coefficient (Wildman–Crippen LogP) is 2.18. The number of likely N-dealkylation sites (N-methyl/N-ethyl adjacent to an activating group) is 2. The SMILES string of the molecule is CNCCCCCCN(C)CC1(N(C)C)CCC1. The molecule has 0 saturated heterocycles. The van der Waals surface area contributed by atoms with Crippen LogP contribution in [0.3, 0.4) is 0 Å². The molecule has 0 aromatic heterocycles. The molecule has 1 aliphatic rings. The summed E-state index contributed by atoms with van der Waals surface area (Å²) in [7, 11) is 8.81. The molecule has 18 heavy (non-hydrogen) atoms. The average Bonchev–Trinajstić information content (AvgIpc) is 2.28. The van der Waals surface area contributed by atoms with E-state index in [2.05, 4.69) is 36.3 Å². The highest BCUT2D eigenvalue weighted by molar-refractivity contribution is 4.97. The Morgan fingerprint density at radius 1 is 1.00 bits per heavy atom. The van der Waals surface area contributed by atoms with Gasteiger partial charge in [-0.25, -0.2) is 0 Å². The van der Waals surface area contributed by atoms with Crippen molar-refractivity contribution in [2.24, 2.45) is 0 Å². The maximum atomic E-state index is 3.21. The number of unbranched alkanes of at least 4 members (excludes halogenated alkanes) is 3. The molecule has 0 radical (unpaired) electrons. The van der Waals surface area contributed by atoms with Gasteiger partial charge in [0.15, 0.2) is 0 Å². The van der Waals surface area contributed by atoms with E-state index in [4.69, 9.17) is 0 Å². The molecule has 0 aromatic rings. The third-order valence-corrected chi connectivity index (χ3v) is 4.51. The molecule has 0 aromatic carbocycles. The van der Waals surface area contributed by atoms with E-state index in [9.17, 15) is 0 Å². The fourth-order valence-corrected chi connectivity index (χ4v) is 2.95. The Balaban J connectivity index is 2.08. The largest absolute Gasteiger partial charge is 0.320 e. The van der Waals surface area contributed by atoms with E-state index in [1.54, 1.807) is 0 Å². The fraction of sp³-hybridized carbons (Fsp3) is 1.00. The van der Waals surface area contributed by atoms with Crippen LogP contribution in [0.2, 0.25) is 0 Å². The molecule has 1 rings (SSSR count). The minimum atomic E-state index is 0.487. The van der Waals surface area contributed by atoms with Crippen molar-refractivity contribution in [1.82, 2.24) is 15.1 Å². The maximum absolute atomic E-state index is 3.21. The molecule has 1 N–H and O–H groups in total. The van der Waals surface area contributed by atoms with Crippen LogP contribution in [0.4, 0.5) is 0 Å². The molecular weight excluding hydrogens is 222 g/mol. The van der Waals surface area contributed by atoms with Gasteiger partial charge in [-0.1, -0.05) is 12.8 Å². The van der Waals surface area contributed by atoms with Crippen molar-refractivity contribution in [3.63, 3.8) is 0 Å². The van der Waals surface area contributed by atoms with Crippen LogP contribution in [-0.2, 0) is 0 Å². The Kier molecular flexibility index (Phi) is 7.20. The highest BCUT2D eigenvalue weighted by Crippen LogP contribution is 2.36. The van der Waals surface area contributed by atoms with Gasteiger partial charge in [0.1, 0.15) is 0 Å². The molecule has 3 nitrogen and oxygen atoms in total. The molecule has 0 atom stereocenters. The molecule has 0 unspecified atom stereocenters. The number of rotatable bonds is 10. The zero-order chi connectivity index (χ0) is 13.4. The lowest BCUT2D eigenvalue weighted by Crippen LogP contribution is -2.56. The summed E-state index contributed by atoms with van der Waals surface area (Å²) < 4.78 is 0. The van der Waals surface area contributed by atoms with Crippen molar-refractivity contribution >= 4 is 0 Å². The molecule has 0 amide bonds. The van der Waals surface area contributed by atoms with Crippen LogP contribution in [0.25, 0.3) is 0 Å². The summed E-state index contributed by atoms with van der Waals surface area (Å²) in [5.74, 6) is 0. The Morgan fingerprint density at radius 3 is 2.17 bits per heavy atom.